The van der Waals surface area contributed by atoms with Crippen molar-refractivity contribution in [3.8, 4) is 17.0 Å². The molecule has 6 nitrogen and oxygen atoms in total. The molecule has 1 aromatic heterocycles. The Morgan fingerprint density at radius 2 is 1.93 bits per heavy atom. The number of hydrogen-bond acceptors (Lipinski definition) is 6. The van der Waals surface area contributed by atoms with Gasteiger partial charge in [-0.3, -0.25) is 10.1 Å². The highest BCUT2D eigenvalue weighted by atomic mass is 32.2. The Labute approximate surface area is 161 Å². The van der Waals surface area contributed by atoms with Crippen molar-refractivity contribution in [1.29, 1.82) is 0 Å². The van der Waals surface area contributed by atoms with E-state index in [1.807, 2.05) is 29.6 Å². The normalized spacial score (nSPS) is 11.2. The Balaban J connectivity index is 1.73. The first-order valence-corrected chi connectivity index (χ1v) is 11.0. The van der Waals surface area contributed by atoms with E-state index in [9.17, 15) is 13.2 Å². The van der Waals surface area contributed by atoms with Crippen LogP contribution in [0, 0.1) is 0 Å². The maximum absolute atomic E-state index is 12.5. The van der Waals surface area contributed by atoms with Gasteiger partial charge in [-0.15, -0.1) is 11.3 Å². The number of anilines is 1. The highest BCUT2D eigenvalue weighted by Crippen LogP contribution is 2.26. The third kappa shape index (κ3) is 5.15. The number of sulfone groups is 1. The molecule has 1 amide bonds. The average Bonchev–Trinajstić information content (AvgIpc) is 3.09. The number of ether oxygens (including phenoxy) is 1. The average molecular weight is 402 g/mol. The predicted octanol–water partition coefficient (Wildman–Crippen LogP) is 3.62. The van der Waals surface area contributed by atoms with Crippen molar-refractivity contribution < 1.29 is 17.9 Å². The van der Waals surface area contributed by atoms with Crippen LogP contribution in [-0.2, 0) is 15.6 Å². The minimum atomic E-state index is -3.16. The minimum absolute atomic E-state index is 0.104. The largest absolute Gasteiger partial charge is 0.497 e. The Morgan fingerprint density at radius 3 is 2.59 bits per heavy atom. The van der Waals surface area contributed by atoms with E-state index in [0.717, 1.165) is 23.3 Å². The van der Waals surface area contributed by atoms with Crippen LogP contribution in [-0.4, -0.2) is 32.7 Å². The van der Waals surface area contributed by atoms with Crippen LogP contribution in [0.1, 0.15) is 15.9 Å². The van der Waals surface area contributed by atoms with Crippen LogP contribution in [0.5, 0.6) is 5.75 Å². The highest BCUT2D eigenvalue weighted by molar-refractivity contribution is 7.89. The molecule has 1 heterocycles. The first-order chi connectivity index (χ1) is 12.8. The van der Waals surface area contributed by atoms with Crippen LogP contribution in [0.25, 0.3) is 11.3 Å². The number of aromatic nitrogens is 1. The summed E-state index contributed by atoms with van der Waals surface area (Å²) >= 11 is 1.32. The Bertz CT molecular complexity index is 1060. The zero-order valence-electron chi connectivity index (χ0n) is 14.8. The summed E-state index contributed by atoms with van der Waals surface area (Å²) in [6.45, 7) is 0. The van der Waals surface area contributed by atoms with Gasteiger partial charge in [0.15, 0.2) is 15.0 Å². The van der Waals surface area contributed by atoms with Crippen molar-refractivity contribution in [3.05, 3.63) is 65.0 Å². The number of benzene rings is 2. The van der Waals surface area contributed by atoms with E-state index in [2.05, 4.69) is 10.3 Å². The minimum Gasteiger partial charge on any atom is -0.497 e. The topological polar surface area (TPSA) is 85.4 Å². The molecule has 2 aromatic carbocycles. The van der Waals surface area contributed by atoms with Gasteiger partial charge < -0.3 is 4.74 Å². The Kier molecular flexibility index (Phi) is 5.57. The lowest BCUT2D eigenvalue weighted by Crippen LogP contribution is -2.12. The van der Waals surface area contributed by atoms with E-state index in [1.54, 1.807) is 31.4 Å². The lowest BCUT2D eigenvalue weighted by Gasteiger charge is -2.05. The highest BCUT2D eigenvalue weighted by Gasteiger charge is 2.12. The fraction of sp³-hybridized carbons (Fsp3) is 0.158. The maximum atomic E-state index is 12.5. The quantitative estimate of drug-likeness (QED) is 0.681. The molecule has 0 bridgehead atoms. The summed E-state index contributed by atoms with van der Waals surface area (Å²) in [5.41, 5.74) is 2.63. The van der Waals surface area contributed by atoms with Gasteiger partial charge in [0, 0.05) is 22.8 Å². The summed E-state index contributed by atoms with van der Waals surface area (Å²) in [5, 5.41) is 5.09. The Morgan fingerprint density at radius 1 is 1.19 bits per heavy atom. The molecular weight excluding hydrogens is 384 g/mol. The second kappa shape index (κ2) is 7.89. The van der Waals surface area contributed by atoms with Gasteiger partial charge in [0.05, 0.1) is 18.6 Å². The molecule has 27 heavy (non-hydrogen) atoms. The first kappa shape index (κ1) is 19.1. The third-order valence-electron chi connectivity index (χ3n) is 3.73. The smallest absolute Gasteiger partial charge is 0.257 e. The van der Waals surface area contributed by atoms with E-state index >= 15 is 0 Å². The second-order valence-corrected chi connectivity index (χ2v) is 8.99. The number of nitrogens with one attached hydrogen (secondary N) is 1. The summed E-state index contributed by atoms with van der Waals surface area (Å²) in [7, 11) is -1.55. The fourth-order valence-corrected chi connectivity index (χ4v) is 4.00. The summed E-state index contributed by atoms with van der Waals surface area (Å²) < 4.78 is 28.0. The monoisotopic (exact) mass is 402 g/mol. The summed E-state index contributed by atoms with van der Waals surface area (Å²) in [5.74, 6) is 0.324. The van der Waals surface area contributed by atoms with Crippen molar-refractivity contribution in [2.45, 2.75) is 5.75 Å². The Hall–Kier alpha value is -2.71. The SMILES string of the molecule is COc1ccc(-c2csc(NC(=O)c3cccc(CS(C)(=O)=O)c3)n2)cc1. The number of carbonyl (C=O) groups excluding carboxylic acids is 1. The molecule has 0 aliphatic carbocycles. The number of amides is 1. The number of rotatable bonds is 6. The molecular formula is C19H18N2O4S2. The predicted molar refractivity (Wildman–Crippen MR) is 107 cm³/mol. The van der Waals surface area contributed by atoms with Gasteiger partial charge in [-0.1, -0.05) is 12.1 Å². The van der Waals surface area contributed by atoms with Gasteiger partial charge >= 0.3 is 0 Å². The molecule has 0 aliphatic rings. The van der Waals surface area contributed by atoms with E-state index in [4.69, 9.17) is 4.74 Å². The van der Waals surface area contributed by atoms with Crippen LogP contribution >= 0.6 is 11.3 Å². The molecule has 0 unspecified atom stereocenters. The lowest BCUT2D eigenvalue weighted by molar-refractivity contribution is 0.102. The molecule has 0 fully saturated rings. The van der Waals surface area contributed by atoms with Crippen LogP contribution in [0.2, 0.25) is 0 Å². The number of carbonyl (C=O) groups is 1. The van der Waals surface area contributed by atoms with Gasteiger partial charge in [0.1, 0.15) is 5.75 Å². The summed E-state index contributed by atoms with van der Waals surface area (Å²) in [6, 6.07) is 14.1. The summed E-state index contributed by atoms with van der Waals surface area (Å²) in [6.07, 6.45) is 1.16. The number of nitrogens with zero attached hydrogens (tertiary/aromatic N) is 1. The zero-order chi connectivity index (χ0) is 19.4. The van der Waals surface area contributed by atoms with Crippen molar-refractivity contribution >= 4 is 32.2 Å². The fourth-order valence-electron chi connectivity index (χ4n) is 2.50. The number of methoxy groups -OCH3 is 1. The first-order valence-electron chi connectivity index (χ1n) is 8.02. The molecule has 0 saturated heterocycles. The number of hydrogen-bond donors (Lipinski definition) is 1. The molecule has 0 radical (unpaired) electrons. The van der Waals surface area contributed by atoms with Gasteiger partial charge in [-0.2, -0.15) is 0 Å². The third-order valence-corrected chi connectivity index (χ3v) is 5.34. The van der Waals surface area contributed by atoms with E-state index in [-0.39, 0.29) is 11.7 Å². The zero-order valence-corrected chi connectivity index (χ0v) is 16.4. The molecule has 0 atom stereocenters. The molecule has 3 aromatic rings. The summed E-state index contributed by atoms with van der Waals surface area (Å²) in [4.78, 5) is 16.9. The van der Waals surface area contributed by atoms with Gasteiger partial charge in [-0.05, 0) is 42.0 Å². The van der Waals surface area contributed by atoms with Crippen LogP contribution < -0.4 is 10.1 Å². The van der Waals surface area contributed by atoms with Crippen molar-refractivity contribution in [2.24, 2.45) is 0 Å². The van der Waals surface area contributed by atoms with Crippen LogP contribution in [0.15, 0.2) is 53.9 Å². The van der Waals surface area contributed by atoms with Crippen LogP contribution in [0.3, 0.4) is 0 Å². The molecule has 140 valence electrons. The molecule has 3 rings (SSSR count). The van der Waals surface area contributed by atoms with E-state index in [1.165, 1.54) is 11.3 Å². The molecule has 8 heteroatoms. The molecule has 0 aliphatic heterocycles. The number of thiazole rings is 1. The van der Waals surface area contributed by atoms with Crippen molar-refractivity contribution in [1.82, 2.24) is 4.98 Å². The lowest BCUT2D eigenvalue weighted by atomic mass is 10.1. The van der Waals surface area contributed by atoms with Crippen LogP contribution in [0.4, 0.5) is 5.13 Å². The molecule has 0 spiro atoms. The van der Waals surface area contributed by atoms with Crippen molar-refractivity contribution in [2.75, 3.05) is 18.7 Å². The van der Waals surface area contributed by atoms with E-state index < -0.39 is 9.84 Å². The maximum Gasteiger partial charge on any atom is 0.257 e. The van der Waals surface area contributed by atoms with E-state index in [0.29, 0.717) is 16.3 Å². The van der Waals surface area contributed by atoms with Gasteiger partial charge in [0.2, 0.25) is 0 Å². The van der Waals surface area contributed by atoms with Crippen molar-refractivity contribution in [3.63, 3.8) is 0 Å². The van der Waals surface area contributed by atoms with Gasteiger partial charge in [-0.25, -0.2) is 13.4 Å². The standard InChI is InChI=1S/C19H18N2O4S2/c1-25-16-8-6-14(7-9-16)17-11-26-19(20-17)21-18(22)15-5-3-4-13(10-15)12-27(2,23)24/h3-11H,12H2,1-2H3,(H,20,21,22). The molecule has 1 N–H and O–H groups in total. The molecule has 0 saturated carbocycles. The van der Waals surface area contributed by atoms with Gasteiger partial charge in [0.25, 0.3) is 5.91 Å². The second-order valence-electron chi connectivity index (χ2n) is 5.99.